The summed E-state index contributed by atoms with van der Waals surface area (Å²) in [5.41, 5.74) is 0.500. The second-order valence-electron chi connectivity index (χ2n) is 5.59. The Morgan fingerprint density at radius 3 is 2.85 bits per heavy atom. The SMILES string of the molecule is CCCNc1cccc(C(=O)NC(CC)CC2CC2)n1. The van der Waals surface area contributed by atoms with Crippen molar-refractivity contribution in [2.45, 2.75) is 52.0 Å². The lowest BCUT2D eigenvalue weighted by atomic mass is 10.1. The van der Waals surface area contributed by atoms with Crippen molar-refractivity contribution in [3.8, 4) is 0 Å². The molecule has 110 valence electrons. The summed E-state index contributed by atoms with van der Waals surface area (Å²) < 4.78 is 0. The second-order valence-corrected chi connectivity index (χ2v) is 5.59. The van der Waals surface area contributed by atoms with Gasteiger partial charge >= 0.3 is 0 Å². The Kier molecular flexibility index (Phi) is 5.39. The molecule has 4 heteroatoms. The molecule has 1 aromatic rings. The Balaban J connectivity index is 1.92. The molecule has 1 amide bonds. The van der Waals surface area contributed by atoms with Gasteiger partial charge < -0.3 is 10.6 Å². The van der Waals surface area contributed by atoms with E-state index in [9.17, 15) is 4.79 Å². The van der Waals surface area contributed by atoms with Gasteiger partial charge in [0.05, 0.1) is 0 Å². The fraction of sp³-hybridized carbons (Fsp3) is 0.625. The van der Waals surface area contributed by atoms with Crippen LogP contribution in [0.3, 0.4) is 0 Å². The fourth-order valence-electron chi connectivity index (χ4n) is 2.26. The summed E-state index contributed by atoms with van der Waals surface area (Å²) >= 11 is 0. The molecule has 0 aromatic carbocycles. The number of hydrogen-bond donors (Lipinski definition) is 2. The Bertz CT molecular complexity index is 443. The molecule has 1 atom stereocenters. The topological polar surface area (TPSA) is 54.0 Å². The number of anilines is 1. The van der Waals surface area contributed by atoms with Crippen LogP contribution in [0.4, 0.5) is 5.82 Å². The Morgan fingerprint density at radius 1 is 1.40 bits per heavy atom. The van der Waals surface area contributed by atoms with Gasteiger partial charge in [-0.25, -0.2) is 4.98 Å². The highest BCUT2D eigenvalue weighted by Gasteiger charge is 2.25. The summed E-state index contributed by atoms with van der Waals surface area (Å²) in [5, 5.41) is 6.32. The lowest BCUT2D eigenvalue weighted by Gasteiger charge is -2.16. The van der Waals surface area contributed by atoms with Gasteiger partial charge in [0.2, 0.25) is 0 Å². The molecule has 0 spiro atoms. The average Bonchev–Trinajstić information content (AvgIpc) is 3.28. The van der Waals surface area contributed by atoms with Crippen LogP contribution < -0.4 is 10.6 Å². The Morgan fingerprint density at radius 2 is 2.20 bits per heavy atom. The molecule has 0 radical (unpaired) electrons. The van der Waals surface area contributed by atoms with Crippen molar-refractivity contribution in [2.24, 2.45) is 5.92 Å². The summed E-state index contributed by atoms with van der Waals surface area (Å²) in [6.45, 7) is 5.10. The van der Waals surface area contributed by atoms with Crippen molar-refractivity contribution in [1.82, 2.24) is 10.3 Å². The van der Waals surface area contributed by atoms with Crippen LogP contribution in [0.5, 0.6) is 0 Å². The van der Waals surface area contributed by atoms with E-state index in [-0.39, 0.29) is 11.9 Å². The van der Waals surface area contributed by atoms with Gasteiger partial charge in [-0.2, -0.15) is 0 Å². The van der Waals surface area contributed by atoms with E-state index in [1.807, 2.05) is 12.1 Å². The predicted molar refractivity (Wildman–Crippen MR) is 81.9 cm³/mol. The Labute approximate surface area is 121 Å². The maximum absolute atomic E-state index is 12.2. The normalized spacial score (nSPS) is 15.7. The number of nitrogens with zero attached hydrogens (tertiary/aromatic N) is 1. The van der Waals surface area contributed by atoms with Gasteiger partial charge in [0, 0.05) is 12.6 Å². The first-order valence-electron chi connectivity index (χ1n) is 7.74. The highest BCUT2D eigenvalue weighted by Crippen LogP contribution is 2.34. The number of rotatable bonds is 8. The molecule has 20 heavy (non-hydrogen) atoms. The number of amides is 1. The first kappa shape index (κ1) is 14.8. The third-order valence-corrected chi connectivity index (χ3v) is 3.68. The van der Waals surface area contributed by atoms with Crippen LogP contribution >= 0.6 is 0 Å². The van der Waals surface area contributed by atoms with Crippen molar-refractivity contribution in [1.29, 1.82) is 0 Å². The van der Waals surface area contributed by atoms with Gasteiger partial charge in [-0.15, -0.1) is 0 Å². The molecule has 4 nitrogen and oxygen atoms in total. The number of aromatic nitrogens is 1. The van der Waals surface area contributed by atoms with Crippen LogP contribution in [-0.4, -0.2) is 23.5 Å². The highest BCUT2D eigenvalue weighted by molar-refractivity contribution is 5.92. The van der Waals surface area contributed by atoms with Gasteiger partial charge in [0.1, 0.15) is 11.5 Å². The number of hydrogen-bond acceptors (Lipinski definition) is 3. The minimum atomic E-state index is -0.0577. The molecular weight excluding hydrogens is 250 g/mol. The molecule has 2 rings (SSSR count). The van der Waals surface area contributed by atoms with E-state index >= 15 is 0 Å². The average molecular weight is 275 g/mol. The minimum Gasteiger partial charge on any atom is -0.370 e. The maximum atomic E-state index is 12.2. The highest BCUT2D eigenvalue weighted by atomic mass is 16.1. The molecular formula is C16H25N3O. The van der Waals surface area contributed by atoms with Gasteiger partial charge in [0.15, 0.2) is 0 Å². The zero-order valence-electron chi connectivity index (χ0n) is 12.5. The molecule has 0 aliphatic heterocycles. The summed E-state index contributed by atoms with van der Waals surface area (Å²) in [5.74, 6) is 1.54. The van der Waals surface area contributed by atoms with Crippen LogP contribution in [-0.2, 0) is 0 Å². The van der Waals surface area contributed by atoms with Crippen molar-refractivity contribution in [3.05, 3.63) is 23.9 Å². The van der Waals surface area contributed by atoms with Crippen molar-refractivity contribution in [3.63, 3.8) is 0 Å². The summed E-state index contributed by atoms with van der Waals surface area (Å²) in [4.78, 5) is 16.6. The Hall–Kier alpha value is -1.58. The zero-order chi connectivity index (χ0) is 14.4. The summed E-state index contributed by atoms with van der Waals surface area (Å²) in [7, 11) is 0. The third kappa shape index (κ3) is 4.51. The molecule has 1 aliphatic rings. The van der Waals surface area contributed by atoms with E-state index in [2.05, 4.69) is 29.5 Å². The number of nitrogens with one attached hydrogen (secondary N) is 2. The van der Waals surface area contributed by atoms with Crippen molar-refractivity contribution < 1.29 is 4.79 Å². The van der Waals surface area contributed by atoms with Gasteiger partial charge in [0.25, 0.3) is 5.91 Å². The monoisotopic (exact) mass is 275 g/mol. The molecule has 1 aliphatic carbocycles. The lowest BCUT2D eigenvalue weighted by Crippen LogP contribution is -2.35. The predicted octanol–water partition coefficient (Wildman–Crippen LogP) is 3.21. The van der Waals surface area contributed by atoms with Gasteiger partial charge in [-0.05, 0) is 37.3 Å². The summed E-state index contributed by atoms with van der Waals surface area (Å²) in [6, 6.07) is 5.83. The molecule has 0 saturated heterocycles. The van der Waals surface area contributed by atoms with E-state index in [1.54, 1.807) is 6.07 Å². The quantitative estimate of drug-likeness (QED) is 0.766. The largest absolute Gasteiger partial charge is 0.370 e. The maximum Gasteiger partial charge on any atom is 0.270 e. The van der Waals surface area contributed by atoms with Gasteiger partial charge in [-0.1, -0.05) is 32.8 Å². The minimum absolute atomic E-state index is 0.0577. The van der Waals surface area contributed by atoms with Crippen LogP contribution in [0.1, 0.15) is 56.4 Å². The smallest absolute Gasteiger partial charge is 0.270 e. The fourth-order valence-corrected chi connectivity index (χ4v) is 2.26. The van der Waals surface area contributed by atoms with E-state index in [1.165, 1.54) is 12.8 Å². The first-order chi connectivity index (χ1) is 9.72. The number of carbonyl (C=O) groups is 1. The zero-order valence-corrected chi connectivity index (χ0v) is 12.5. The second kappa shape index (κ2) is 7.27. The molecule has 1 saturated carbocycles. The third-order valence-electron chi connectivity index (χ3n) is 3.68. The molecule has 1 aromatic heterocycles. The van der Waals surface area contributed by atoms with E-state index in [0.29, 0.717) is 5.69 Å². The first-order valence-corrected chi connectivity index (χ1v) is 7.74. The van der Waals surface area contributed by atoms with Crippen LogP contribution in [0.25, 0.3) is 0 Å². The standard InChI is InChI=1S/C16H25N3O/c1-3-10-17-15-7-5-6-14(19-15)16(20)18-13(4-2)11-12-8-9-12/h5-7,12-13H,3-4,8-11H2,1-2H3,(H,17,19)(H,18,20). The van der Waals surface area contributed by atoms with E-state index in [4.69, 9.17) is 0 Å². The molecule has 2 N–H and O–H groups in total. The number of carbonyl (C=O) groups excluding carboxylic acids is 1. The van der Waals surface area contributed by atoms with Crippen LogP contribution in [0, 0.1) is 5.92 Å². The van der Waals surface area contributed by atoms with Crippen molar-refractivity contribution in [2.75, 3.05) is 11.9 Å². The van der Waals surface area contributed by atoms with Crippen molar-refractivity contribution >= 4 is 11.7 Å². The van der Waals surface area contributed by atoms with Crippen LogP contribution in [0.2, 0.25) is 0 Å². The van der Waals surface area contributed by atoms with E-state index in [0.717, 1.165) is 37.5 Å². The molecule has 1 unspecified atom stereocenters. The molecule has 0 bridgehead atoms. The van der Waals surface area contributed by atoms with Crippen LogP contribution in [0.15, 0.2) is 18.2 Å². The van der Waals surface area contributed by atoms with E-state index < -0.39 is 0 Å². The number of pyridine rings is 1. The molecule has 1 fully saturated rings. The lowest BCUT2D eigenvalue weighted by molar-refractivity contribution is 0.0928. The van der Waals surface area contributed by atoms with Gasteiger partial charge in [-0.3, -0.25) is 4.79 Å². The molecule has 1 heterocycles. The summed E-state index contributed by atoms with van der Waals surface area (Å²) in [6.07, 6.45) is 5.77.